The molecule has 14 heteroatoms. The third-order valence-corrected chi connectivity index (χ3v) is 4.07. The Kier molecular flexibility index (Phi) is 16.0. The van der Waals surface area contributed by atoms with Crippen LogP contribution in [-0.4, -0.2) is 35.8 Å². The van der Waals surface area contributed by atoms with E-state index in [1.165, 1.54) is 0 Å². The van der Waals surface area contributed by atoms with Crippen molar-refractivity contribution in [1.29, 1.82) is 0 Å². The van der Waals surface area contributed by atoms with Gasteiger partial charge in [0.2, 0.25) is 0 Å². The van der Waals surface area contributed by atoms with Crippen LogP contribution in [0.1, 0.15) is 62.1 Å². The van der Waals surface area contributed by atoms with Crippen LogP contribution < -0.4 is 30.6 Å². The molecule has 192 valence electrons. The molecule has 0 fully saturated rings. The van der Waals surface area contributed by atoms with Crippen LogP contribution in [0, 0.1) is 0 Å². The summed E-state index contributed by atoms with van der Waals surface area (Å²) in [5.74, 6) is -8.00. The molecule has 0 aliphatic rings. The molecular weight excluding hydrogens is 584 g/mol. The largest absolute Gasteiger partial charge is 3.00 e. The van der Waals surface area contributed by atoms with E-state index in [4.69, 9.17) is 0 Å². The van der Waals surface area contributed by atoms with Crippen LogP contribution in [0.5, 0.6) is 0 Å². The van der Waals surface area contributed by atoms with Crippen LogP contribution in [0.3, 0.4) is 0 Å². The normalized spacial score (nSPS) is 8.84. The second-order valence-electron chi connectivity index (χ2n) is 6.46. The summed E-state index contributed by atoms with van der Waals surface area (Å²) in [5, 5.41) is 61.2. The maximum absolute atomic E-state index is 10.2. The van der Waals surface area contributed by atoms with Crippen LogP contribution in [-0.2, 0) is 34.7 Å². The van der Waals surface area contributed by atoms with Gasteiger partial charge >= 0.3 is 34.7 Å². The molecule has 12 nitrogen and oxygen atoms in total. The van der Waals surface area contributed by atoms with E-state index in [9.17, 15) is 59.4 Å². The minimum Gasteiger partial charge on any atom is -0.545 e. The Labute approximate surface area is 235 Å². The molecule has 2 radical (unpaired) electrons. The molecular formula is C24H12Cr2O12. The molecule has 3 aromatic carbocycles. The quantitative estimate of drug-likeness (QED) is 0.261. The summed E-state index contributed by atoms with van der Waals surface area (Å²) in [6, 6.07) is 13.8. The van der Waals surface area contributed by atoms with Gasteiger partial charge in [-0.1, -0.05) is 72.8 Å². The molecule has 3 rings (SSSR count). The first-order valence-electron chi connectivity index (χ1n) is 9.41. The molecule has 0 saturated heterocycles. The zero-order chi connectivity index (χ0) is 27.4. The number of aromatic carboxylic acids is 6. The van der Waals surface area contributed by atoms with Crippen LogP contribution in [0.4, 0.5) is 0 Å². The van der Waals surface area contributed by atoms with Crippen molar-refractivity contribution in [2.45, 2.75) is 0 Å². The van der Waals surface area contributed by atoms with Crippen molar-refractivity contribution in [3.8, 4) is 0 Å². The Balaban J connectivity index is 0. The van der Waals surface area contributed by atoms with Crippen LogP contribution >= 0.6 is 0 Å². The Morgan fingerprint density at radius 2 is 0.368 bits per heavy atom. The van der Waals surface area contributed by atoms with E-state index in [0.29, 0.717) is 0 Å². The van der Waals surface area contributed by atoms with Crippen molar-refractivity contribution in [3.63, 3.8) is 0 Å². The van der Waals surface area contributed by atoms with Crippen molar-refractivity contribution in [2.75, 3.05) is 0 Å². The molecule has 0 spiro atoms. The van der Waals surface area contributed by atoms with Gasteiger partial charge < -0.3 is 59.4 Å². The number of carbonyl (C=O) groups excluding carboxylic acids is 6. The third-order valence-electron chi connectivity index (χ3n) is 4.07. The Morgan fingerprint density at radius 1 is 0.289 bits per heavy atom. The Bertz CT molecular complexity index is 1010. The SMILES string of the molecule is O=C([O-])c1ccc(C(=O)[O-])cc1.O=C([O-])c1ccc(C(=O)[O-])cc1.O=C([O-])c1ccc(C(=O)[O-])cc1.[Cr+3].[Cr+3]. The molecule has 0 bridgehead atoms. The smallest absolute Gasteiger partial charge is 0.545 e. The van der Waals surface area contributed by atoms with E-state index in [2.05, 4.69) is 0 Å². The van der Waals surface area contributed by atoms with Gasteiger partial charge in [-0.05, 0) is 33.4 Å². The minimum atomic E-state index is -1.33. The summed E-state index contributed by atoms with van der Waals surface area (Å²) in [6.07, 6.45) is 0. The van der Waals surface area contributed by atoms with E-state index in [0.717, 1.165) is 72.8 Å². The number of carbonyl (C=O) groups is 6. The number of hydrogen-bond acceptors (Lipinski definition) is 12. The molecule has 0 unspecified atom stereocenters. The van der Waals surface area contributed by atoms with E-state index in [-0.39, 0.29) is 68.1 Å². The number of carboxylic acids is 6. The first kappa shape index (κ1) is 35.7. The number of benzene rings is 3. The molecule has 0 aliphatic heterocycles. The van der Waals surface area contributed by atoms with Gasteiger partial charge in [-0.2, -0.15) is 0 Å². The van der Waals surface area contributed by atoms with Crippen molar-refractivity contribution in [2.24, 2.45) is 0 Å². The Morgan fingerprint density at radius 3 is 0.421 bits per heavy atom. The molecule has 0 aliphatic carbocycles. The van der Waals surface area contributed by atoms with Gasteiger partial charge in [0, 0.05) is 0 Å². The standard InChI is InChI=1S/3C8H6O4.2Cr/c3*9-7(10)5-1-2-6(4-3-5)8(11)12;;/h3*1-4H,(H,9,10)(H,11,12);;/q;;;2*+3/p-6. The average Bonchev–Trinajstić information content (AvgIpc) is 2.84. The summed E-state index contributed by atoms with van der Waals surface area (Å²) in [6.45, 7) is 0. The van der Waals surface area contributed by atoms with Gasteiger partial charge in [-0.3, -0.25) is 0 Å². The van der Waals surface area contributed by atoms with Gasteiger partial charge in [0.1, 0.15) is 0 Å². The second kappa shape index (κ2) is 17.1. The monoisotopic (exact) mass is 596 g/mol. The van der Waals surface area contributed by atoms with E-state index >= 15 is 0 Å². The zero-order valence-corrected chi connectivity index (χ0v) is 21.2. The molecule has 3 aromatic rings. The van der Waals surface area contributed by atoms with E-state index in [1.54, 1.807) is 0 Å². The van der Waals surface area contributed by atoms with Crippen molar-refractivity contribution in [3.05, 3.63) is 106 Å². The van der Waals surface area contributed by atoms with Crippen molar-refractivity contribution in [1.82, 2.24) is 0 Å². The maximum Gasteiger partial charge on any atom is 3.00 e. The topological polar surface area (TPSA) is 241 Å². The number of rotatable bonds is 6. The van der Waals surface area contributed by atoms with Crippen LogP contribution in [0.2, 0.25) is 0 Å². The molecule has 0 heterocycles. The van der Waals surface area contributed by atoms with Gasteiger partial charge in [0.15, 0.2) is 0 Å². The number of carboxylic acid groups (broad SMARTS) is 6. The van der Waals surface area contributed by atoms with Crippen molar-refractivity contribution < 1.29 is 94.1 Å². The fraction of sp³-hybridized carbons (Fsp3) is 0. The van der Waals surface area contributed by atoms with Gasteiger partial charge in [0.25, 0.3) is 0 Å². The predicted molar refractivity (Wildman–Crippen MR) is 105 cm³/mol. The minimum absolute atomic E-state index is 0. The summed E-state index contributed by atoms with van der Waals surface area (Å²) < 4.78 is 0. The molecule has 0 saturated carbocycles. The average molecular weight is 596 g/mol. The van der Waals surface area contributed by atoms with Crippen molar-refractivity contribution >= 4 is 35.8 Å². The van der Waals surface area contributed by atoms with Gasteiger partial charge in [-0.25, -0.2) is 0 Å². The molecule has 0 amide bonds. The Hall–Kier alpha value is -4.46. The molecule has 38 heavy (non-hydrogen) atoms. The van der Waals surface area contributed by atoms with Gasteiger partial charge in [-0.15, -0.1) is 0 Å². The second-order valence-corrected chi connectivity index (χ2v) is 6.46. The molecule has 0 atom stereocenters. The fourth-order valence-electron chi connectivity index (χ4n) is 2.23. The van der Waals surface area contributed by atoms with Gasteiger partial charge in [0.05, 0.1) is 35.8 Å². The third kappa shape index (κ3) is 12.0. The summed E-state index contributed by atoms with van der Waals surface area (Å²) >= 11 is 0. The first-order chi connectivity index (χ1) is 16.8. The van der Waals surface area contributed by atoms with E-state index in [1.807, 2.05) is 0 Å². The summed E-state index contributed by atoms with van der Waals surface area (Å²) in [4.78, 5) is 61.2. The number of hydrogen-bond donors (Lipinski definition) is 0. The maximum atomic E-state index is 10.2. The van der Waals surface area contributed by atoms with Crippen LogP contribution in [0.15, 0.2) is 72.8 Å². The zero-order valence-electron chi connectivity index (χ0n) is 18.6. The summed E-state index contributed by atoms with van der Waals surface area (Å²) in [7, 11) is 0. The molecule has 0 N–H and O–H groups in total. The first-order valence-corrected chi connectivity index (χ1v) is 9.41. The molecule has 0 aromatic heterocycles. The summed E-state index contributed by atoms with van der Waals surface area (Å²) in [5.41, 5.74) is -0.333. The fourth-order valence-corrected chi connectivity index (χ4v) is 2.23. The van der Waals surface area contributed by atoms with Crippen LogP contribution in [0.25, 0.3) is 0 Å². The predicted octanol–water partition coefficient (Wildman–Crippen LogP) is -4.76. The van der Waals surface area contributed by atoms with E-state index < -0.39 is 35.8 Å².